The van der Waals surface area contributed by atoms with Crippen LogP contribution in [0.1, 0.15) is 43.2 Å². The van der Waals surface area contributed by atoms with Crippen molar-refractivity contribution in [3.63, 3.8) is 0 Å². The van der Waals surface area contributed by atoms with E-state index in [1.165, 1.54) is 11.3 Å². The first kappa shape index (κ1) is 31.8. The number of aryl methyl sites for hydroxylation is 1. The lowest BCUT2D eigenvalue weighted by Crippen LogP contribution is -2.47. The van der Waals surface area contributed by atoms with Crippen molar-refractivity contribution in [1.29, 1.82) is 0 Å². The van der Waals surface area contributed by atoms with Gasteiger partial charge < -0.3 is 14.2 Å². The molecule has 7 nitrogen and oxygen atoms in total. The summed E-state index contributed by atoms with van der Waals surface area (Å²) in [6, 6.07) is 21.3. The summed E-state index contributed by atoms with van der Waals surface area (Å²) in [5, 5.41) is 4.92. The maximum absolute atomic E-state index is 13.2. The zero-order chi connectivity index (χ0) is 33.1. The van der Waals surface area contributed by atoms with E-state index in [1.54, 1.807) is 73.0 Å². The zero-order valence-electron chi connectivity index (χ0n) is 25.5. The van der Waals surface area contributed by atoms with Crippen LogP contribution >= 0.6 is 11.3 Å². The molecule has 11 heteroatoms. The highest BCUT2D eigenvalue weighted by Crippen LogP contribution is 2.31. The third kappa shape index (κ3) is 7.62. The molecule has 1 N–H and O–H groups in total. The van der Waals surface area contributed by atoms with Crippen molar-refractivity contribution in [2.75, 3.05) is 38.5 Å². The zero-order valence-corrected chi connectivity index (χ0v) is 26.3. The quantitative estimate of drug-likeness (QED) is 0.200. The highest BCUT2D eigenvalue weighted by Gasteiger charge is 2.30. The summed E-state index contributed by atoms with van der Waals surface area (Å²) >= 11 is 1.24. The first-order chi connectivity index (χ1) is 22.5. The van der Waals surface area contributed by atoms with Gasteiger partial charge in [-0.25, -0.2) is 4.98 Å². The van der Waals surface area contributed by atoms with Crippen LogP contribution in [0.25, 0.3) is 22.6 Å². The summed E-state index contributed by atoms with van der Waals surface area (Å²) in [7, 11) is 2.04. The Morgan fingerprint density at radius 3 is 2.38 bits per heavy atom. The lowest BCUT2D eigenvalue weighted by atomic mass is 10.1. The van der Waals surface area contributed by atoms with Gasteiger partial charge in [0.25, 0.3) is 11.8 Å². The van der Waals surface area contributed by atoms with Gasteiger partial charge >= 0.3 is 6.18 Å². The van der Waals surface area contributed by atoms with Crippen molar-refractivity contribution in [3.8, 4) is 34.4 Å². The van der Waals surface area contributed by atoms with E-state index in [0.29, 0.717) is 46.4 Å². The average molecular weight is 655 g/mol. The van der Waals surface area contributed by atoms with Gasteiger partial charge in [0.05, 0.1) is 11.3 Å². The molecule has 0 saturated carbocycles. The van der Waals surface area contributed by atoms with Crippen molar-refractivity contribution in [2.45, 2.75) is 13.1 Å². The molecule has 3 heterocycles. The topological polar surface area (TPSA) is 78.7 Å². The first-order valence-electron chi connectivity index (χ1n) is 14.8. The Hall–Kier alpha value is -5.18. The molecule has 1 aliphatic rings. The Morgan fingerprint density at radius 1 is 0.894 bits per heavy atom. The number of nitrogens with one attached hydrogen (secondary N) is 1. The largest absolute Gasteiger partial charge is 0.451 e. The third-order valence-electron chi connectivity index (χ3n) is 7.68. The van der Waals surface area contributed by atoms with E-state index in [4.69, 9.17) is 4.42 Å². The van der Waals surface area contributed by atoms with Gasteiger partial charge in [-0.2, -0.15) is 13.2 Å². The number of hydrogen-bond acceptors (Lipinski definition) is 6. The first-order valence-corrected chi connectivity index (χ1v) is 15.7. The van der Waals surface area contributed by atoms with Crippen molar-refractivity contribution >= 4 is 28.3 Å². The average Bonchev–Trinajstić information content (AvgIpc) is 3.74. The van der Waals surface area contributed by atoms with Crippen molar-refractivity contribution < 1.29 is 27.2 Å². The maximum atomic E-state index is 13.2. The van der Waals surface area contributed by atoms with Gasteiger partial charge in [-0.15, -0.1) is 11.3 Å². The molecule has 0 radical (unpaired) electrons. The smallest absolute Gasteiger partial charge is 0.416 e. The predicted octanol–water partition coefficient (Wildman–Crippen LogP) is 7.44. The number of furan rings is 1. The van der Waals surface area contributed by atoms with E-state index >= 15 is 0 Å². The number of anilines is 1. The van der Waals surface area contributed by atoms with Gasteiger partial charge in [-0.05, 0) is 74.1 Å². The van der Waals surface area contributed by atoms with Crippen LogP contribution < -0.4 is 5.32 Å². The number of benzene rings is 3. The number of carbonyl (C=O) groups is 2. The van der Waals surface area contributed by atoms with E-state index in [2.05, 4.69) is 27.0 Å². The van der Waals surface area contributed by atoms with Crippen LogP contribution in [0.15, 0.2) is 88.7 Å². The van der Waals surface area contributed by atoms with Crippen LogP contribution in [0.3, 0.4) is 0 Å². The van der Waals surface area contributed by atoms with E-state index in [1.807, 2.05) is 18.0 Å². The second-order valence-corrected chi connectivity index (χ2v) is 12.1. The number of piperazine rings is 1. The molecule has 0 unspecified atom stereocenters. The maximum Gasteiger partial charge on any atom is 0.416 e. The summed E-state index contributed by atoms with van der Waals surface area (Å²) in [5.74, 6) is 5.89. The van der Waals surface area contributed by atoms with Crippen LogP contribution in [0.4, 0.5) is 18.3 Å². The minimum atomic E-state index is -4.45. The number of nitrogens with zero attached hydrogens (tertiary/aromatic N) is 3. The molecular weight excluding hydrogens is 625 g/mol. The predicted molar refractivity (Wildman–Crippen MR) is 175 cm³/mol. The van der Waals surface area contributed by atoms with Crippen LogP contribution in [0, 0.1) is 18.8 Å². The summed E-state index contributed by atoms with van der Waals surface area (Å²) in [6.45, 7) is 4.69. The highest BCUT2D eigenvalue weighted by atomic mass is 32.1. The van der Waals surface area contributed by atoms with Crippen molar-refractivity contribution in [3.05, 3.63) is 118 Å². The fourth-order valence-electron chi connectivity index (χ4n) is 5.13. The second-order valence-electron chi connectivity index (χ2n) is 11.2. The van der Waals surface area contributed by atoms with Gasteiger partial charge in [-0.1, -0.05) is 36.1 Å². The van der Waals surface area contributed by atoms with E-state index in [-0.39, 0.29) is 17.2 Å². The molecule has 6 rings (SSSR count). The van der Waals surface area contributed by atoms with Gasteiger partial charge in [0, 0.05) is 59.4 Å². The molecule has 1 saturated heterocycles. The molecule has 0 bridgehead atoms. The number of halogens is 3. The summed E-state index contributed by atoms with van der Waals surface area (Å²) in [6.07, 6.45) is -4.45. The lowest BCUT2D eigenvalue weighted by molar-refractivity contribution is -0.137. The van der Waals surface area contributed by atoms with E-state index in [0.717, 1.165) is 36.3 Å². The third-order valence-corrected chi connectivity index (χ3v) is 8.43. The molecule has 5 aromatic rings. The molecule has 47 heavy (non-hydrogen) atoms. The van der Waals surface area contributed by atoms with Crippen LogP contribution in [-0.2, 0) is 6.18 Å². The standard InChI is InChI=1S/C36H29F3N4O3S/c1-23-18-25(21-29(19-23)36(37,38)39)7-6-24-4-3-5-28(20-24)30-22-47-35(40-30)41-33(44)32-13-12-31(46-32)26-8-10-27(11-9-26)34(45)43-16-14-42(2)15-17-43/h3-5,8-13,18-22H,14-17H2,1-2H3,(H,40,41,44). The summed E-state index contributed by atoms with van der Waals surface area (Å²) in [5.41, 5.74) is 3.31. The normalized spacial score (nSPS) is 13.6. The molecule has 2 amide bonds. The minimum Gasteiger partial charge on any atom is -0.451 e. The fourth-order valence-corrected chi connectivity index (χ4v) is 5.84. The molecule has 238 valence electrons. The molecular formula is C36H29F3N4O3S. The van der Waals surface area contributed by atoms with Crippen LogP contribution in [0.2, 0.25) is 0 Å². The summed E-state index contributed by atoms with van der Waals surface area (Å²) in [4.78, 5) is 34.4. The second kappa shape index (κ2) is 13.3. The number of alkyl halides is 3. The molecule has 0 aliphatic carbocycles. The van der Waals surface area contributed by atoms with Crippen molar-refractivity contribution in [1.82, 2.24) is 14.8 Å². The van der Waals surface area contributed by atoms with Gasteiger partial charge in [-0.3, -0.25) is 14.9 Å². The number of thiazole rings is 1. The van der Waals surface area contributed by atoms with Crippen molar-refractivity contribution in [2.24, 2.45) is 0 Å². The molecule has 0 spiro atoms. The van der Waals surface area contributed by atoms with Gasteiger partial charge in [0.1, 0.15) is 5.76 Å². The summed E-state index contributed by atoms with van der Waals surface area (Å²) < 4.78 is 45.4. The number of hydrogen-bond donors (Lipinski definition) is 1. The number of rotatable bonds is 5. The molecule has 2 aromatic heterocycles. The highest BCUT2D eigenvalue weighted by molar-refractivity contribution is 7.14. The fraction of sp³-hybridized carbons (Fsp3) is 0.194. The molecule has 1 fully saturated rings. The Labute approximate surface area is 273 Å². The van der Waals surface area contributed by atoms with Gasteiger partial charge in [0.15, 0.2) is 10.9 Å². The molecule has 0 atom stereocenters. The monoisotopic (exact) mass is 654 g/mol. The Bertz CT molecular complexity index is 2000. The number of carbonyl (C=O) groups excluding carboxylic acids is 2. The minimum absolute atomic E-state index is 0.00292. The van der Waals surface area contributed by atoms with Crippen LogP contribution in [-0.4, -0.2) is 59.8 Å². The molecule has 3 aromatic carbocycles. The number of likely N-dealkylation sites (N-methyl/N-ethyl adjacent to an activating group) is 1. The number of aromatic nitrogens is 1. The van der Waals surface area contributed by atoms with Gasteiger partial charge in [0.2, 0.25) is 0 Å². The SMILES string of the molecule is Cc1cc(C#Cc2cccc(-c3csc(NC(=O)c4ccc(-c5ccc(C(=O)N6CCN(C)CC6)cc5)o4)n3)c2)cc(C(F)(F)F)c1. The van der Waals surface area contributed by atoms with E-state index in [9.17, 15) is 22.8 Å². The Kier molecular flexibility index (Phi) is 8.98. The molecule has 1 aliphatic heterocycles. The number of amides is 2. The van der Waals surface area contributed by atoms with Crippen LogP contribution in [0.5, 0.6) is 0 Å². The lowest BCUT2D eigenvalue weighted by Gasteiger charge is -2.32. The Morgan fingerprint density at radius 2 is 1.64 bits per heavy atom. The van der Waals surface area contributed by atoms with E-state index < -0.39 is 17.6 Å². The Balaban J connectivity index is 1.10.